The van der Waals surface area contributed by atoms with Crippen LogP contribution >= 0.6 is 0 Å². The maximum Gasteiger partial charge on any atom is 0.412 e. The van der Waals surface area contributed by atoms with E-state index in [0.717, 1.165) is 22.3 Å². The van der Waals surface area contributed by atoms with Crippen LogP contribution in [-0.4, -0.2) is 70.3 Å². The van der Waals surface area contributed by atoms with Crippen molar-refractivity contribution in [1.29, 1.82) is 0 Å². The van der Waals surface area contributed by atoms with Gasteiger partial charge in [-0.05, 0) is 48.9 Å². The first-order chi connectivity index (χ1) is 32.8. The summed E-state index contributed by atoms with van der Waals surface area (Å²) in [7, 11) is 0. The number of nitrogens with one attached hydrogen (secondary N) is 4. The van der Waals surface area contributed by atoms with Gasteiger partial charge in [-0.25, -0.2) is 19.2 Å². The number of amides is 4. The number of benzene rings is 4. The standard InChI is InChI=1S/2C26H27N3O5.CH4.ClH/c2*1-19(16-20-8-4-2-5-9-20)27-26(33)34-18-29-14-12-22(13-15-29)24(30)28-23(25(31)32)17-21-10-6-3-7-11-21;;/h2*2-15,19,23H,16-18H2,1H3,(H2-,27,28,30,31,32,33);1H4;1H/p+1/t2*19-,23-;;/m00../s1. The van der Waals surface area contributed by atoms with Crippen LogP contribution in [-0.2, 0) is 58.2 Å². The summed E-state index contributed by atoms with van der Waals surface area (Å²) in [6.45, 7) is 3.74. The maximum absolute atomic E-state index is 12.5. The lowest BCUT2D eigenvalue weighted by Crippen LogP contribution is -3.00. The molecule has 2 aromatic heterocycles. The molecule has 6 N–H and O–H groups in total. The monoisotopic (exact) mass is 975 g/mol. The molecule has 0 radical (unpaired) electrons. The third-order valence-electron chi connectivity index (χ3n) is 10.3. The number of carboxylic acid groups (broad SMARTS) is 2. The van der Waals surface area contributed by atoms with Gasteiger partial charge in [0.05, 0.1) is 11.1 Å². The van der Waals surface area contributed by atoms with Crippen molar-refractivity contribution in [3.05, 3.63) is 204 Å². The molecule has 0 bridgehead atoms. The summed E-state index contributed by atoms with van der Waals surface area (Å²) < 4.78 is 13.7. The molecular formula is C53H60ClN6O10+. The molecule has 368 valence electrons. The van der Waals surface area contributed by atoms with Crippen LogP contribution in [0.3, 0.4) is 0 Å². The van der Waals surface area contributed by atoms with Gasteiger partial charge < -0.3 is 53.4 Å². The van der Waals surface area contributed by atoms with Crippen molar-refractivity contribution in [2.75, 3.05) is 0 Å². The van der Waals surface area contributed by atoms with E-state index >= 15 is 0 Å². The van der Waals surface area contributed by atoms with E-state index in [4.69, 9.17) is 9.47 Å². The number of pyridine rings is 2. The van der Waals surface area contributed by atoms with Crippen LogP contribution in [0.5, 0.6) is 0 Å². The Labute approximate surface area is 414 Å². The van der Waals surface area contributed by atoms with Gasteiger partial charge in [0.1, 0.15) is 12.1 Å². The van der Waals surface area contributed by atoms with Gasteiger partial charge in [0, 0.05) is 49.2 Å². The molecular weight excluding hydrogens is 916 g/mol. The first kappa shape index (κ1) is 56.2. The first-order valence-electron chi connectivity index (χ1n) is 21.9. The Balaban J connectivity index is 0.000000360. The molecule has 2 heterocycles. The number of carbonyl (C=O) groups excluding carboxylic acids is 4. The summed E-state index contributed by atoms with van der Waals surface area (Å²) in [5.74, 6) is -3.21. The molecule has 0 aliphatic carbocycles. The van der Waals surface area contributed by atoms with Gasteiger partial charge in [-0.1, -0.05) is 129 Å². The second-order valence-corrected chi connectivity index (χ2v) is 15.9. The predicted molar refractivity (Wildman–Crippen MR) is 257 cm³/mol. The lowest BCUT2D eigenvalue weighted by atomic mass is 10.1. The van der Waals surface area contributed by atoms with E-state index in [1.54, 1.807) is 33.9 Å². The Hall–Kier alpha value is -8.11. The minimum Gasteiger partial charge on any atom is -1.00 e. The summed E-state index contributed by atoms with van der Waals surface area (Å²) in [6.07, 6.45) is 7.01. The zero-order valence-electron chi connectivity index (χ0n) is 38.2. The van der Waals surface area contributed by atoms with Crippen LogP contribution in [0.25, 0.3) is 0 Å². The zero-order chi connectivity index (χ0) is 48.7. The Kier molecular flexibility index (Phi) is 23.8. The quantitative estimate of drug-likeness (QED) is 0.0615. The van der Waals surface area contributed by atoms with Gasteiger partial charge in [0.2, 0.25) is 0 Å². The molecule has 4 aromatic carbocycles. The highest BCUT2D eigenvalue weighted by atomic mass is 35.5. The number of nitrogens with zero attached hydrogens (tertiary/aromatic N) is 2. The van der Waals surface area contributed by atoms with Gasteiger partial charge >= 0.3 is 24.1 Å². The molecule has 0 saturated carbocycles. The van der Waals surface area contributed by atoms with Crippen molar-refractivity contribution >= 4 is 35.9 Å². The third kappa shape index (κ3) is 20.0. The first-order valence-corrected chi connectivity index (χ1v) is 21.9. The smallest absolute Gasteiger partial charge is 0.412 e. The fraction of sp³-hybridized carbons (Fsp3) is 0.245. The van der Waals surface area contributed by atoms with Gasteiger partial charge in [-0.15, -0.1) is 0 Å². The molecule has 4 atom stereocenters. The topological polar surface area (TPSA) is 217 Å². The minimum absolute atomic E-state index is 0. The minimum atomic E-state index is -1.11. The van der Waals surface area contributed by atoms with Gasteiger partial charge in [0.25, 0.3) is 25.3 Å². The van der Waals surface area contributed by atoms with Crippen molar-refractivity contribution < 1.29 is 70.0 Å². The number of carbonyl (C=O) groups is 6. The molecule has 0 fully saturated rings. The number of carboxylic acids is 2. The van der Waals surface area contributed by atoms with Crippen molar-refractivity contribution in [3.8, 4) is 0 Å². The molecule has 0 spiro atoms. The lowest BCUT2D eigenvalue weighted by Gasteiger charge is -2.14. The Morgan fingerprint density at radius 3 is 0.986 bits per heavy atom. The molecule has 17 heteroatoms. The highest BCUT2D eigenvalue weighted by molar-refractivity contribution is 5.97. The lowest BCUT2D eigenvalue weighted by molar-refractivity contribution is -0.727. The van der Waals surface area contributed by atoms with Crippen LogP contribution in [0.1, 0.15) is 64.2 Å². The van der Waals surface area contributed by atoms with Gasteiger partial charge in [-0.3, -0.25) is 9.59 Å². The van der Waals surface area contributed by atoms with E-state index in [-0.39, 0.29) is 58.2 Å². The summed E-state index contributed by atoms with van der Waals surface area (Å²) in [5, 5.41) is 29.6. The molecule has 0 aliphatic rings. The molecule has 70 heavy (non-hydrogen) atoms. The Bertz CT molecular complexity index is 2360. The Morgan fingerprint density at radius 1 is 0.443 bits per heavy atom. The number of aliphatic carboxylic acids is 2. The average Bonchev–Trinajstić information content (AvgIpc) is 3.34. The van der Waals surface area contributed by atoms with Gasteiger partial charge in [-0.2, -0.15) is 9.13 Å². The third-order valence-corrected chi connectivity index (χ3v) is 10.3. The van der Waals surface area contributed by atoms with Crippen molar-refractivity contribution in [2.24, 2.45) is 0 Å². The number of hydrogen-bond acceptors (Lipinski definition) is 8. The SMILES string of the molecule is C.C[C@@H](Cc1ccccc1)NC(=O)OC[n+]1ccc(C(=O)N[C@@H](Cc2ccccc2)C(=O)O)cc1.C[C@@H](Cc1ccccc1)NC(=O)OC[n+]1ccc(C(=O)N[C@@H](Cc2ccccc2)C(=O)O)cc1.[Cl-]. The maximum atomic E-state index is 12.5. The number of alkyl carbamates (subject to hydrolysis) is 2. The normalized spacial score (nSPS) is 11.9. The zero-order valence-corrected chi connectivity index (χ0v) is 38.9. The number of rotatable bonds is 20. The second-order valence-electron chi connectivity index (χ2n) is 15.9. The fourth-order valence-electron chi connectivity index (χ4n) is 6.76. The van der Waals surface area contributed by atoms with Crippen LogP contribution < -0.4 is 42.8 Å². The van der Waals surface area contributed by atoms with E-state index in [2.05, 4.69) is 21.3 Å². The van der Waals surface area contributed by atoms with E-state index in [1.807, 2.05) is 135 Å². The number of ether oxygens (including phenoxy) is 2. The molecule has 4 amide bonds. The second kappa shape index (κ2) is 29.6. The number of aromatic nitrogens is 2. The highest BCUT2D eigenvalue weighted by Gasteiger charge is 2.23. The van der Waals surface area contributed by atoms with Crippen LogP contribution in [0.15, 0.2) is 170 Å². The predicted octanol–water partition coefficient (Wildman–Crippen LogP) is 3.07. The summed E-state index contributed by atoms with van der Waals surface area (Å²) in [6, 6.07) is 41.7. The Morgan fingerprint density at radius 2 is 0.714 bits per heavy atom. The van der Waals surface area contributed by atoms with Crippen molar-refractivity contribution in [3.63, 3.8) is 0 Å². The molecule has 6 aromatic rings. The van der Waals surface area contributed by atoms with Crippen molar-refractivity contribution in [2.45, 2.75) is 84.6 Å². The molecule has 0 saturated heterocycles. The van der Waals surface area contributed by atoms with Crippen LogP contribution in [0.4, 0.5) is 9.59 Å². The summed E-state index contributed by atoms with van der Waals surface area (Å²) in [4.78, 5) is 72.3. The average molecular weight is 977 g/mol. The number of halogens is 1. The molecule has 0 unspecified atom stereocenters. The molecule has 0 aliphatic heterocycles. The largest absolute Gasteiger partial charge is 1.00 e. The molecule has 16 nitrogen and oxygen atoms in total. The number of hydrogen-bond donors (Lipinski definition) is 6. The van der Waals surface area contributed by atoms with Crippen LogP contribution in [0.2, 0.25) is 0 Å². The summed E-state index contributed by atoms with van der Waals surface area (Å²) in [5.41, 5.74) is 4.47. The van der Waals surface area contributed by atoms with Crippen molar-refractivity contribution in [1.82, 2.24) is 21.3 Å². The van der Waals surface area contributed by atoms with Crippen LogP contribution in [0, 0.1) is 0 Å². The van der Waals surface area contributed by atoms with E-state index in [9.17, 15) is 39.0 Å². The van der Waals surface area contributed by atoms with E-state index < -0.39 is 48.0 Å². The van der Waals surface area contributed by atoms with E-state index in [0.29, 0.717) is 24.0 Å². The summed E-state index contributed by atoms with van der Waals surface area (Å²) >= 11 is 0. The molecule has 6 rings (SSSR count). The van der Waals surface area contributed by atoms with E-state index in [1.165, 1.54) is 24.3 Å². The highest BCUT2D eigenvalue weighted by Crippen LogP contribution is 2.08. The fourth-order valence-corrected chi connectivity index (χ4v) is 6.76. The van der Waals surface area contributed by atoms with Gasteiger partial charge in [0.15, 0.2) is 24.8 Å².